The zero-order valence-corrected chi connectivity index (χ0v) is 9.92. The first-order valence-electron chi connectivity index (χ1n) is 5.45. The van der Waals surface area contributed by atoms with E-state index in [1.54, 1.807) is 20.8 Å². The highest BCUT2D eigenvalue weighted by Gasteiger charge is 2.64. The number of carbonyl (C=O) groups is 1. The Kier molecular flexibility index (Phi) is 2.49. The van der Waals surface area contributed by atoms with Gasteiger partial charge in [-0.3, -0.25) is 4.79 Å². The summed E-state index contributed by atoms with van der Waals surface area (Å²) in [5.41, 5.74) is -0.336. The summed E-state index contributed by atoms with van der Waals surface area (Å²) in [6, 6.07) is 2.56. The molecule has 0 aliphatic heterocycles. The van der Waals surface area contributed by atoms with Crippen molar-refractivity contribution in [2.75, 3.05) is 0 Å². The highest BCUT2D eigenvalue weighted by molar-refractivity contribution is 5.77. The van der Waals surface area contributed by atoms with Crippen LogP contribution in [0, 0.1) is 29.9 Å². The number of benzene rings is 1. The van der Waals surface area contributed by atoms with Gasteiger partial charge in [0.25, 0.3) is 0 Å². The van der Waals surface area contributed by atoms with Crippen molar-refractivity contribution < 1.29 is 18.7 Å². The second-order valence-electron chi connectivity index (χ2n) is 5.21. The summed E-state index contributed by atoms with van der Waals surface area (Å²) >= 11 is 0. The quantitative estimate of drug-likeness (QED) is 0.862. The molecular weight excluding hydrogens is 226 g/mol. The van der Waals surface area contributed by atoms with E-state index in [-0.39, 0.29) is 5.56 Å². The van der Waals surface area contributed by atoms with Gasteiger partial charge in [-0.05, 0) is 24.0 Å². The Bertz CT molecular complexity index is 494. The Hall–Kier alpha value is -1.45. The SMILES string of the molecule is Cc1ccc(F)c(C2C(C(=O)O)C2(C)C)c1F. The maximum atomic E-state index is 13.9. The van der Waals surface area contributed by atoms with Gasteiger partial charge in [-0.1, -0.05) is 19.9 Å². The molecule has 1 saturated carbocycles. The van der Waals surface area contributed by atoms with Crippen LogP contribution in [0.4, 0.5) is 8.78 Å². The minimum Gasteiger partial charge on any atom is -0.481 e. The van der Waals surface area contributed by atoms with Crippen molar-refractivity contribution >= 4 is 5.97 Å². The lowest BCUT2D eigenvalue weighted by Gasteiger charge is -2.08. The van der Waals surface area contributed by atoms with Crippen LogP contribution in [0.25, 0.3) is 0 Å². The summed E-state index contributed by atoms with van der Waals surface area (Å²) in [6.45, 7) is 4.98. The van der Waals surface area contributed by atoms with Crippen LogP contribution in [0.2, 0.25) is 0 Å². The lowest BCUT2D eigenvalue weighted by Crippen LogP contribution is -2.03. The van der Waals surface area contributed by atoms with Gasteiger partial charge >= 0.3 is 5.97 Å². The molecule has 2 rings (SSSR count). The molecule has 0 spiro atoms. The van der Waals surface area contributed by atoms with Crippen molar-refractivity contribution in [3.05, 3.63) is 34.9 Å². The van der Waals surface area contributed by atoms with Crippen LogP contribution in [-0.2, 0) is 4.79 Å². The van der Waals surface area contributed by atoms with Crippen molar-refractivity contribution in [3.8, 4) is 0 Å². The van der Waals surface area contributed by atoms with E-state index < -0.39 is 34.9 Å². The summed E-state index contributed by atoms with van der Waals surface area (Å²) in [5, 5.41) is 9.03. The summed E-state index contributed by atoms with van der Waals surface area (Å²) in [6.07, 6.45) is 0. The van der Waals surface area contributed by atoms with Crippen molar-refractivity contribution in [1.29, 1.82) is 0 Å². The Morgan fingerprint density at radius 3 is 2.41 bits per heavy atom. The van der Waals surface area contributed by atoms with Crippen LogP contribution in [0.5, 0.6) is 0 Å². The number of hydrogen-bond acceptors (Lipinski definition) is 1. The molecule has 1 fully saturated rings. The molecule has 0 heterocycles. The average molecular weight is 240 g/mol. The molecule has 0 bridgehead atoms. The monoisotopic (exact) mass is 240 g/mol. The van der Waals surface area contributed by atoms with Crippen LogP contribution in [-0.4, -0.2) is 11.1 Å². The van der Waals surface area contributed by atoms with E-state index in [4.69, 9.17) is 5.11 Å². The number of halogens is 2. The van der Waals surface area contributed by atoms with E-state index in [0.29, 0.717) is 5.56 Å². The number of aryl methyl sites for hydroxylation is 1. The largest absolute Gasteiger partial charge is 0.481 e. The predicted octanol–water partition coefficient (Wildman–Crippen LogP) is 3.10. The molecule has 1 aliphatic rings. The molecule has 0 radical (unpaired) electrons. The molecule has 0 saturated heterocycles. The topological polar surface area (TPSA) is 37.3 Å². The summed E-state index contributed by atoms with van der Waals surface area (Å²) in [7, 11) is 0. The number of carboxylic acid groups (broad SMARTS) is 1. The number of hydrogen-bond donors (Lipinski definition) is 1. The summed E-state index contributed by atoms with van der Waals surface area (Å²) < 4.78 is 27.6. The third-order valence-corrected chi connectivity index (χ3v) is 3.72. The third kappa shape index (κ3) is 1.63. The second kappa shape index (κ2) is 3.52. The molecule has 1 N–H and O–H groups in total. The molecule has 2 unspecified atom stereocenters. The second-order valence-corrected chi connectivity index (χ2v) is 5.21. The van der Waals surface area contributed by atoms with Gasteiger partial charge in [0.15, 0.2) is 0 Å². The van der Waals surface area contributed by atoms with Crippen LogP contribution in [0.1, 0.15) is 30.9 Å². The van der Waals surface area contributed by atoms with Crippen molar-refractivity contribution in [3.63, 3.8) is 0 Å². The molecule has 17 heavy (non-hydrogen) atoms. The molecule has 92 valence electrons. The molecule has 1 aromatic rings. The molecule has 1 aromatic carbocycles. The van der Waals surface area contributed by atoms with Gasteiger partial charge in [0.1, 0.15) is 11.6 Å². The fraction of sp³-hybridized carbons (Fsp3) is 0.462. The number of aliphatic carboxylic acids is 1. The van der Waals surface area contributed by atoms with Crippen molar-refractivity contribution in [2.45, 2.75) is 26.7 Å². The normalized spacial score (nSPS) is 25.7. The highest BCUT2D eigenvalue weighted by atomic mass is 19.1. The third-order valence-electron chi connectivity index (χ3n) is 3.72. The molecular formula is C13H14F2O2. The van der Waals surface area contributed by atoms with E-state index in [0.717, 1.165) is 0 Å². The average Bonchev–Trinajstić information content (AvgIpc) is 2.76. The van der Waals surface area contributed by atoms with Crippen molar-refractivity contribution in [2.24, 2.45) is 11.3 Å². The van der Waals surface area contributed by atoms with E-state index >= 15 is 0 Å². The van der Waals surface area contributed by atoms with Gasteiger partial charge in [-0.15, -0.1) is 0 Å². The number of carboxylic acids is 1. The van der Waals surface area contributed by atoms with Gasteiger partial charge in [0.05, 0.1) is 5.92 Å². The minimum atomic E-state index is -1.000. The molecule has 0 aromatic heterocycles. The van der Waals surface area contributed by atoms with Gasteiger partial charge in [-0.25, -0.2) is 8.78 Å². The Labute approximate surface area is 98.3 Å². The van der Waals surface area contributed by atoms with Gasteiger partial charge in [-0.2, -0.15) is 0 Å². The fourth-order valence-electron chi connectivity index (χ4n) is 2.60. The summed E-state index contributed by atoms with van der Waals surface area (Å²) in [5.74, 6) is -3.57. The smallest absolute Gasteiger partial charge is 0.307 e. The molecule has 2 atom stereocenters. The van der Waals surface area contributed by atoms with Gasteiger partial charge in [0.2, 0.25) is 0 Å². The van der Waals surface area contributed by atoms with Gasteiger partial charge in [0, 0.05) is 11.5 Å². The maximum Gasteiger partial charge on any atom is 0.307 e. The molecule has 0 amide bonds. The molecule has 4 heteroatoms. The standard InChI is InChI=1S/C13H14F2O2/c1-6-4-5-7(14)8(11(6)15)9-10(12(16)17)13(9,2)3/h4-5,9-10H,1-3H3,(H,16,17). The zero-order chi connectivity index (χ0) is 13.0. The first-order valence-corrected chi connectivity index (χ1v) is 5.45. The van der Waals surface area contributed by atoms with E-state index in [1.807, 2.05) is 0 Å². The van der Waals surface area contributed by atoms with Crippen LogP contribution >= 0.6 is 0 Å². The van der Waals surface area contributed by atoms with Gasteiger partial charge < -0.3 is 5.11 Å². The summed E-state index contributed by atoms with van der Waals surface area (Å²) in [4.78, 5) is 11.0. The molecule has 1 aliphatic carbocycles. The molecule has 2 nitrogen and oxygen atoms in total. The van der Waals surface area contributed by atoms with E-state index in [9.17, 15) is 13.6 Å². The lowest BCUT2D eigenvalue weighted by atomic mass is 10.00. The van der Waals surface area contributed by atoms with Crippen LogP contribution in [0.3, 0.4) is 0 Å². The Morgan fingerprint density at radius 2 is 1.94 bits per heavy atom. The van der Waals surface area contributed by atoms with E-state index in [1.165, 1.54) is 12.1 Å². The first-order chi connectivity index (χ1) is 7.78. The first kappa shape index (κ1) is 12.0. The fourth-order valence-corrected chi connectivity index (χ4v) is 2.60. The lowest BCUT2D eigenvalue weighted by molar-refractivity contribution is -0.139. The van der Waals surface area contributed by atoms with E-state index in [2.05, 4.69) is 0 Å². The predicted molar refractivity (Wildman–Crippen MR) is 58.7 cm³/mol. The maximum absolute atomic E-state index is 13.9. The zero-order valence-electron chi connectivity index (χ0n) is 9.92. The van der Waals surface area contributed by atoms with Crippen molar-refractivity contribution in [1.82, 2.24) is 0 Å². The van der Waals surface area contributed by atoms with Crippen LogP contribution < -0.4 is 0 Å². The Morgan fingerprint density at radius 1 is 1.35 bits per heavy atom. The van der Waals surface area contributed by atoms with Crippen LogP contribution in [0.15, 0.2) is 12.1 Å². The minimum absolute atomic E-state index is 0.0811. The number of rotatable bonds is 2. The Balaban J connectivity index is 2.51. The highest BCUT2D eigenvalue weighted by Crippen LogP contribution is 2.65.